The molecule has 0 bridgehead atoms. The predicted octanol–water partition coefficient (Wildman–Crippen LogP) is 1.57. The molecule has 0 saturated carbocycles. The number of piperidine rings is 1. The van der Waals surface area contributed by atoms with Gasteiger partial charge in [-0.2, -0.15) is 0 Å². The van der Waals surface area contributed by atoms with Gasteiger partial charge in [-0.15, -0.1) is 0 Å². The maximum absolute atomic E-state index is 10.8. The maximum atomic E-state index is 10.8. The molecule has 2 heterocycles. The van der Waals surface area contributed by atoms with Crippen LogP contribution in [0, 0.1) is 6.92 Å². The third-order valence-electron chi connectivity index (χ3n) is 5.00. The van der Waals surface area contributed by atoms with E-state index in [0.717, 1.165) is 58.7 Å². The van der Waals surface area contributed by atoms with Crippen LogP contribution in [0.4, 0.5) is 5.69 Å². The third-order valence-corrected chi connectivity index (χ3v) is 5.00. The van der Waals surface area contributed by atoms with Gasteiger partial charge in [0, 0.05) is 45.0 Å². The van der Waals surface area contributed by atoms with Gasteiger partial charge in [-0.25, -0.2) is 0 Å². The van der Waals surface area contributed by atoms with Crippen LogP contribution in [0.25, 0.3) is 0 Å². The molecule has 22 heavy (non-hydrogen) atoms. The van der Waals surface area contributed by atoms with Crippen molar-refractivity contribution in [3.05, 3.63) is 29.8 Å². The van der Waals surface area contributed by atoms with E-state index in [2.05, 4.69) is 52.9 Å². The Morgan fingerprint density at radius 1 is 1.14 bits per heavy atom. The summed E-state index contributed by atoms with van der Waals surface area (Å²) in [5, 5.41) is 10.8. The zero-order valence-corrected chi connectivity index (χ0v) is 14.0. The van der Waals surface area contributed by atoms with Gasteiger partial charge in [0.15, 0.2) is 0 Å². The molecule has 2 aliphatic rings. The van der Waals surface area contributed by atoms with Crippen LogP contribution in [0.15, 0.2) is 24.3 Å². The Morgan fingerprint density at radius 3 is 2.59 bits per heavy atom. The number of aliphatic hydroxyl groups is 1. The highest BCUT2D eigenvalue weighted by Crippen LogP contribution is 2.23. The Kier molecular flexibility index (Phi) is 4.71. The number of nitrogens with zero attached hydrogens (tertiary/aromatic N) is 3. The van der Waals surface area contributed by atoms with E-state index in [-0.39, 0.29) is 0 Å². The van der Waals surface area contributed by atoms with Crippen LogP contribution in [0.2, 0.25) is 0 Å². The molecule has 1 atom stereocenters. The topological polar surface area (TPSA) is 30.0 Å². The fraction of sp³-hybridized carbons (Fsp3) is 0.667. The zero-order valence-electron chi connectivity index (χ0n) is 14.0. The summed E-state index contributed by atoms with van der Waals surface area (Å²) in [5.41, 5.74) is 2.13. The maximum Gasteiger partial charge on any atom is 0.0900 e. The van der Waals surface area contributed by atoms with E-state index in [4.69, 9.17) is 0 Å². The van der Waals surface area contributed by atoms with E-state index in [1.165, 1.54) is 11.3 Å². The van der Waals surface area contributed by atoms with Crippen LogP contribution in [-0.4, -0.2) is 73.4 Å². The van der Waals surface area contributed by atoms with Crippen LogP contribution in [0.1, 0.15) is 18.4 Å². The molecule has 2 fully saturated rings. The first-order chi connectivity index (χ1) is 10.5. The molecule has 0 spiro atoms. The molecule has 4 heteroatoms. The molecule has 0 aliphatic carbocycles. The molecular formula is C18H29N3O. The highest BCUT2D eigenvalue weighted by molar-refractivity contribution is 5.48. The summed E-state index contributed by atoms with van der Waals surface area (Å²) < 4.78 is 0. The van der Waals surface area contributed by atoms with Crippen molar-refractivity contribution < 1.29 is 5.11 Å². The molecule has 4 nitrogen and oxygen atoms in total. The lowest BCUT2D eigenvalue weighted by Gasteiger charge is -2.43. The smallest absolute Gasteiger partial charge is 0.0900 e. The minimum Gasteiger partial charge on any atom is -0.387 e. The standard InChI is InChI=1S/C18H29N3O/c1-16-5-3-6-17(13-16)21-11-9-20(10-12-21)15-18(22)7-4-8-19(2)14-18/h3,5-6,13,22H,4,7-12,14-15H2,1-2H3/t18-/m0/s1. The van der Waals surface area contributed by atoms with Crippen molar-refractivity contribution in [2.45, 2.75) is 25.4 Å². The van der Waals surface area contributed by atoms with Gasteiger partial charge in [-0.1, -0.05) is 12.1 Å². The fourth-order valence-corrected chi connectivity index (χ4v) is 3.87. The van der Waals surface area contributed by atoms with Gasteiger partial charge < -0.3 is 14.9 Å². The van der Waals surface area contributed by atoms with Crippen molar-refractivity contribution in [1.82, 2.24) is 9.80 Å². The van der Waals surface area contributed by atoms with Gasteiger partial charge in [0.25, 0.3) is 0 Å². The first kappa shape index (κ1) is 15.8. The number of piperazine rings is 1. The summed E-state index contributed by atoms with van der Waals surface area (Å²) in [6.45, 7) is 9.08. The summed E-state index contributed by atoms with van der Waals surface area (Å²) in [7, 11) is 2.11. The second kappa shape index (κ2) is 6.57. The summed E-state index contributed by atoms with van der Waals surface area (Å²) in [4.78, 5) is 7.15. The van der Waals surface area contributed by atoms with Crippen LogP contribution in [0.3, 0.4) is 0 Å². The van der Waals surface area contributed by atoms with E-state index < -0.39 is 5.60 Å². The zero-order chi connectivity index (χ0) is 15.6. The Morgan fingerprint density at radius 2 is 1.91 bits per heavy atom. The van der Waals surface area contributed by atoms with Gasteiger partial charge in [0.05, 0.1) is 5.60 Å². The number of likely N-dealkylation sites (N-methyl/N-ethyl adjacent to an activating group) is 1. The minimum atomic E-state index is -0.515. The Hall–Kier alpha value is -1.10. The molecular weight excluding hydrogens is 274 g/mol. The quantitative estimate of drug-likeness (QED) is 0.918. The number of hydrogen-bond acceptors (Lipinski definition) is 4. The molecule has 122 valence electrons. The number of hydrogen-bond donors (Lipinski definition) is 1. The second-order valence-corrected chi connectivity index (χ2v) is 7.17. The molecule has 1 aromatic rings. The van der Waals surface area contributed by atoms with E-state index in [1.807, 2.05) is 0 Å². The lowest BCUT2D eigenvalue weighted by atomic mass is 9.92. The fourth-order valence-electron chi connectivity index (χ4n) is 3.87. The molecule has 0 aromatic heterocycles. The molecule has 3 rings (SSSR count). The van der Waals surface area contributed by atoms with Crippen molar-refractivity contribution in [2.24, 2.45) is 0 Å². The molecule has 2 aliphatic heterocycles. The summed E-state index contributed by atoms with van der Waals surface area (Å²) in [6.07, 6.45) is 2.05. The van der Waals surface area contributed by atoms with Gasteiger partial charge in [0.1, 0.15) is 0 Å². The lowest BCUT2D eigenvalue weighted by molar-refractivity contribution is -0.0478. The largest absolute Gasteiger partial charge is 0.387 e. The number of β-amino-alcohol motifs (C(OH)–C–C–N with tert-alkyl or cyclic N) is 1. The normalized spacial score (nSPS) is 28.0. The van der Waals surface area contributed by atoms with Crippen LogP contribution < -0.4 is 4.90 Å². The first-order valence-electron chi connectivity index (χ1n) is 8.49. The predicted molar refractivity (Wildman–Crippen MR) is 91.5 cm³/mol. The minimum absolute atomic E-state index is 0.515. The average Bonchev–Trinajstić information content (AvgIpc) is 2.47. The SMILES string of the molecule is Cc1cccc(N2CCN(C[C@]3(O)CCCN(C)C3)CC2)c1. The van der Waals surface area contributed by atoms with Crippen molar-refractivity contribution >= 4 is 5.69 Å². The van der Waals surface area contributed by atoms with Crippen molar-refractivity contribution in [3.63, 3.8) is 0 Å². The molecule has 0 unspecified atom stereocenters. The molecule has 0 amide bonds. The second-order valence-electron chi connectivity index (χ2n) is 7.17. The van der Waals surface area contributed by atoms with Crippen molar-refractivity contribution in [1.29, 1.82) is 0 Å². The number of rotatable bonds is 3. The Labute approximate surface area is 134 Å². The Balaban J connectivity index is 1.53. The molecule has 1 N–H and O–H groups in total. The van der Waals surface area contributed by atoms with Crippen molar-refractivity contribution in [3.8, 4) is 0 Å². The molecule has 2 saturated heterocycles. The number of anilines is 1. The van der Waals surface area contributed by atoms with Gasteiger partial charge >= 0.3 is 0 Å². The van der Waals surface area contributed by atoms with Gasteiger partial charge in [-0.05, 0) is 51.1 Å². The number of likely N-dealkylation sites (tertiary alicyclic amines) is 1. The highest BCUT2D eigenvalue weighted by Gasteiger charge is 2.34. The Bertz CT molecular complexity index is 499. The van der Waals surface area contributed by atoms with E-state index in [1.54, 1.807) is 0 Å². The van der Waals surface area contributed by atoms with E-state index in [0.29, 0.717) is 0 Å². The number of benzene rings is 1. The number of aryl methyl sites for hydroxylation is 1. The molecule has 1 aromatic carbocycles. The van der Waals surface area contributed by atoms with Crippen LogP contribution in [0.5, 0.6) is 0 Å². The van der Waals surface area contributed by atoms with Crippen molar-refractivity contribution in [2.75, 3.05) is 57.8 Å². The molecule has 0 radical (unpaired) electrons. The third kappa shape index (κ3) is 3.80. The monoisotopic (exact) mass is 303 g/mol. The highest BCUT2D eigenvalue weighted by atomic mass is 16.3. The van der Waals surface area contributed by atoms with Gasteiger partial charge in [-0.3, -0.25) is 4.90 Å². The average molecular weight is 303 g/mol. The van der Waals surface area contributed by atoms with Crippen LogP contribution in [-0.2, 0) is 0 Å². The lowest BCUT2D eigenvalue weighted by Crippen LogP contribution is -2.56. The van der Waals surface area contributed by atoms with Gasteiger partial charge in [0.2, 0.25) is 0 Å². The summed E-state index contributed by atoms with van der Waals surface area (Å²) in [5.74, 6) is 0. The van der Waals surface area contributed by atoms with Crippen LogP contribution >= 0.6 is 0 Å². The van der Waals surface area contributed by atoms with E-state index in [9.17, 15) is 5.11 Å². The summed E-state index contributed by atoms with van der Waals surface area (Å²) in [6, 6.07) is 8.75. The first-order valence-corrected chi connectivity index (χ1v) is 8.49. The summed E-state index contributed by atoms with van der Waals surface area (Å²) >= 11 is 0. The van der Waals surface area contributed by atoms with E-state index >= 15 is 0 Å².